The van der Waals surface area contributed by atoms with Crippen molar-refractivity contribution in [1.82, 2.24) is 0 Å². The molecule has 0 atom stereocenters. The summed E-state index contributed by atoms with van der Waals surface area (Å²) in [6, 6.07) is 3.35. The molecule has 0 saturated carbocycles. The third kappa shape index (κ3) is 2.98. The number of aliphatic imine (C=N–C) groups is 1. The Balaban J connectivity index is 2.93. The van der Waals surface area contributed by atoms with Gasteiger partial charge in [0, 0.05) is 11.8 Å². The van der Waals surface area contributed by atoms with E-state index < -0.39 is 0 Å². The molecule has 0 saturated heterocycles. The third-order valence-corrected chi connectivity index (χ3v) is 2.08. The first-order valence-corrected chi connectivity index (χ1v) is 4.75. The fourth-order valence-corrected chi connectivity index (χ4v) is 1.23. The van der Waals surface area contributed by atoms with E-state index in [-0.39, 0.29) is 18.1 Å². The van der Waals surface area contributed by atoms with Crippen LogP contribution in [-0.2, 0) is 0 Å². The summed E-state index contributed by atoms with van der Waals surface area (Å²) in [5.74, 6) is 0.757. The number of benzene rings is 1. The highest BCUT2D eigenvalue weighted by molar-refractivity contribution is 5.85. The maximum atomic E-state index is 9.61. The molecule has 4 N–H and O–H groups in total. The molecular formula is C11H15N3O2. The molecule has 0 fully saturated rings. The highest BCUT2D eigenvalue weighted by atomic mass is 16.5. The smallest absolute Gasteiger partial charge is 0.126 e. The van der Waals surface area contributed by atoms with Crippen LogP contribution in [0.4, 0.5) is 0 Å². The summed E-state index contributed by atoms with van der Waals surface area (Å²) in [5, 5.41) is 16.6. The molecule has 0 spiro atoms. The maximum Gasteiger partial charge on any atom is 0.126 e. The van der Waals surface area contributed by atoms with Gasteiger partial charge in [-0.15, -0.1) is 0 Å². The van der Waals surface area contributed by atoms with Gasteiger partial charge in [0.05, 0.1) is 13.7 Å². The Bertz CT molecular complexity index is 427. The lowest BCUT2D eigenvalue weighted by Crippen LogP contribution is -2.13. The standard InChI is InChI=1S/C11H15N3O2/c1-7-9(15)3-8(4-10(7)16-2)5-14-6-11(12)13/h3-5,15H,6H2,1-2H3,(H3,12,13). The van der Waals surface area contributed by atoms with E-state index in [1.807, 2.05) is 0 Å². The quantitative estimate of drug-likeness (QED) is 0.524. The largest absolute Gasteiger partial charge is 0.508 e. The molecule has 0 unspecified atom stereocenters. The third-order valence-electron chi connectivity index (χ3n) is 2.08. The lowest BCUT2D eigenvalue weighted by Gasteiger charge is -2.07. The van der Waals surface area contributed by atoms with Crippen LogP contribution in [-0.4, -0.2) is 30.8 Å². The summed E-state index contributed by atoms with van der Waals surface area (Å²) < 4.78 is 5.11. The molecule has 0 aromatic heterocycles. The van der Waals surface area contributed by atoms with Crippen molar-refractivity contribution in [3.8, 4) is 11.5 Å². The lowest BCUT2D eigenvalue weighted by atomic mass is 10.1. The fraction of sp³-hybridized carbons (Fsp3) is 0.273. The Morgan fingerprint density at radius 3 is 2.88 bits per heavy atom. The second kappa shape index (κ2) is 5.16. The van der Waals surface area contributed by atoms with E-state index in [1.165, 1.54) is 7.11 Å². The van der Waals surface area contributed by atoms with Gasteiger partial charge in [-0.1, -0.05) is 0 Å². The summed E-state index contributed by atoms with van der Waals surface area (Å²) in [5.41, 5.74) is 6.56. The average Bonchev–Trinajstić information content (AvgIpc) is 2.22. The molecule has 0 radical (unpaired) electrons. The number of nitrogens with zero attached hydrogens (tertiary/aromatic N) is 1. The van der Waals surface area contributed by atoms with Crippen molar-refractivity contribution in [1.29, 1.82) is 5.41 Å². The maximum absolute atomic E-state index is 9.61. The zero-order valence-electron chi connectivity index (χ0n) is 9.32. The number of methoxy groups -OCH3 is 1. The van der Waals surface area contributed by atoms with Crippen LogP contribution in [0, 0.1) is 12.3 Å². The van der Waals surface area contributed by atoms with Gasteiger partial charge in [-0.25, -0.2) is 0 Å². The molecule has 0 aliphatic carbocycles. The van der Waals surface area contributed by atoms with Crippen LogP contribution in [0.25, 0.3) is 0 Å². The zero-order valence-corrected chi connectivity index (χ0v) is 9.32. The molecule has 0 aliphatic heterocycles. The minimum absolute atomic E-state index is 0.000418. The minimum Gasteiger partial charge on any atom is -0.508 e. The van der Waals surface area contributed by atoms with Crippen molar-refractivity contribution >= 4 is 12.1 Å². The molecule has 1 aromatic carbocycles. The van der Waals surface area contributed by atoms with Gasteiger partial charge in [0.15, 0.2) is 0 Å². The second-order valence-corrected chi connectivity index (χ2v) is 3.36. The molecule has 0 amide bonds. The monoisotopic (exact) mass is 221 g/mol. The van der Waals surface area contributed by atoms with E-state index >= 15 is 0 Å². The molecule has 16 heavy (non-hydrogen) atoms. The van der Waals surface area contributed by atoms with Crippen molar-refractivity contribution in [2.45, 2.75) is 6.92 Å². The van der Waals surface area contributed by atoms with Gasteiger partial charge in [-0.3, -0.25) is 10.4 Å². The zero-order chi connectivity index (χ0) is 12.1. The predicted molar refractivity (Wildman–Crippen MR) is 63.8 cm³/mol. The number of phenols is 1. The van der Waals surface area contributed by atoms with Gasteiger partial charge >= 0.3 is 0 Å². The Morgan fingerprint density at radius 1 is 1.62 bits per heavy atom. The number of hydrogen-bond acceptors (Lipinski definition) is 4. The molecule has 5 heteroatoms. The van der Waals surface area contributed by atoms with E-state index in [0.29, 0.717) is 16.9 Å². The molecule has 0 heterocycles. The lowest BCUT2D eigenvalue weighted by molar-refractivity contribution is 0.402. The van der Waals surface area contributed by atoms with Gasteiger partial charge in [-0.2, -0.15) is 0 Å². The summed E-state index contributed by atoms with van der Waals surface area (Å²) in [7, 11) is 1.54. The van der Waals surface area contributed by atoms with Gasteiger partial charge in [0.2, 0.25) is 0 Å². The number of ether oxygens (including phenoxy) is 1. The van der Waals surface area contributed by atoms with E-state index in [9.17, 15) is 5.11 Å². The van der Waals surface area contributed by atoms with Gasteiger partial charge in [0.1, 0.15) is 17.3 Å². The number of nitrogens with one attached hydrogen (secondary N) is 1. The van der Waals surface area contributed by atoms with Crippen LogP contribution in [0.15, 0.2) is 17.1 Å². The minimum atomic E-state index is -0.000418. The first-order chi connectivity index (χ1) is 7.54. The normalized spacial score (nSPS) is 10.6. The Hall–Kier alpha value is -2.04. The topological polar surface area (TPSA) is 91.7 Å². The van der Waals surface area contributed by atoms with E-state index in [2.05, 4.69) is 4.99 Å². The molecule has 1 aromatic rings. The first-order valence-electron chi connectivity index (χ1n) is 4.75. The van der Waals surface area contributed by atoms with Crippen LogP contribution in [0.2, 0.25) is 0 Å². The Morgan fingerprint density at radius 2 is 2.31 bits per heavy atom. The number of rotatable bonds is 4. The van der Waals surface area contributed by atoms with E-state index in [4.69, 9.17) is 15.9 Å². The summed E-state index contributed by atoms with van der Waals surface area (Å²) in [6.07, 6.45) is 1.54. The molecule has 0 aliphatic rings. The Kier molecular flexibility index (Phi) is 3.88. The fourth-order valence-electron chi connectivity index (χ4n) is 1.23. The van der Waals surface area contributed by atoms with Gasteiger partial charge in [0.25, 0.3) is 0 Å². The summed E-state index contributed by atoms with van der Waals surface area (Å²) >= 11 is 0. The highest BCUT2D eigenvalue weighted by Crippen LogP contribution is 2.27. The summed E-state index contributed by atoms with van der Waals surface area (Å²) in [4.78, 5) is 3.95. The van der Waals surface area contributed by atoms with E-state index in [0.717, 1.165) is 0 Å². The number of nitrogens with two attached hydrogens (primary N) is 1. The summed E-state index contributed by atoms with van der Waals surface area (Å²) in [6.45, 7) is 1.92. The van der Waals surface area contributed by atoms with Crippen LogP contribution in [0.1, 0.15) is 11.1 Å². The van der Waals surface area contributed by atoms with E-state index in [1.54, 1.807) is 25.3 Å². The number of amidine groups is 1. The number of aromatic hydroxyl groups is 1. The number of hydrogen-bond donors (Lipinski definition) is 3. The molecule has 86 valence electrons. The SMILES string of the molecule is COc1cc(C=NCC(=N)N)cc(O)c1C. The van der Waals surface area contributed by atoms with Crippen LogP contribution in [0.3, 0.4) is 0 Å². The van der Waals surface area contributed by atoms with Gasteiger partial charge in [-0.05, 0) is 24.6 Å². The predicted octanol–water partition coefficient (Wildman–Crippen LogP) is 1.06. The van der Waals surface area contributed by atoms with Crippen molar-refractivity contribution in [2.24, 2.45) is 10.7 Å². The van der Waals surface area contributed by atoms with Crippen molar-refractivity contribution in [2.75, 3.05) is 13.7 Å². The van der Waals surface area contributed by atoms with Crippen molar-refractivity contribution in [3.63, 3.8) is 0 Å². The van der Waals surface area contributed by atoms with Crippen molar-refractivity contribution < 1.29 is 9.84 Å². The molecule has 5 nitrogen and oxygen atoms in total. The molecule has 0 bridgehead atoms. The average molecular weight is 221 g/mol. The first kappa shape index (κ1) is 12.0. The van der Waals surface area contributed by atoms with Crippen LogP contribution < -0.4 is 10.5 Å². The van der Waals surface area contributed by atoms with Crippen LogP contribution >= 0.6 is 0 Å². The molecular weight excluding hydrogens is 206 g/mol. The van der Waals surface area contributed by atoms with Gasteiger partial charge < -0.3 is 15.6 Å². The van der Waals surface area contributed by atoms with Crippen LogP contribution in [0.5, 0.6) is 11.5 Å². The molecule has 1 rings (SSSR count). The highest BCUT2D eigenvalue weighted by Gasteiger charge is 2.05. The van der Waals surface area contributed by atoms with Crippen molar-refractivity contribution in [3.05, 3.63) is 23.3 Å². The second-order valence-electron chi connectivity index (χ2n) is 3.36. The number of phenolic OH excluding ortho intramolecular Hbond substituents is 1. The Labute approximate surface area is 94.1 Å².